The van der Waals surface area contributed by atoms with Gasteiger partial charge in [0.15, 0.2) is 0 Å². The van der Waals surface area contributed by atoms with E-state index in [4.69, 9.17) is 0 Å². The number of amides is 2. The summed E-state index contributed by atoms with van der Waals surface area (Å²) in [6, 6.07) is 16.4. The zero-order valence-electron chi connectivity index (χ0n) is 18.3. The predicted molar refractivity (Wildman–Crippen MR) is 126 cm³/mol. The summed E-state index contributed by atoms with van der Waals surface area (Å²) < 4.78 is 28.3. The minimum absolute atomic E-state index is 0.0126. The summed E-state index contributed by atoms with van der Waals surface area (Å²) in [5, 5.41) is 5.36. The lowest BCUT2D eigenvalue weighted by Gasteiger charge is -2.13. The van der Waals surface area contributed by atoms with Gasteiger partial charge in [0.1, 0.15) is 0 Å². The molecule has 0 heterocycles. The van der Waals surface area contributed by atoms with Gasteiger partial charge in [-0.2, -0.15) is 0 Å². The number of sulfonamides is 1. The monoisotopic (exact) mass is 451 g/mol. The van der Waals surface area contributed by atoms with Crippen LogP contribution in [-0.2, 0) is 10.0 Å². The number of hydrogen-bond acceptors (Lipinski definition) is 4. The molecule has 0 atom stereocenters. The van der Waals surface area contributed by atoms with Crippen molar-refractivity contribution in [1.29, 1.82) is 0 Å². The molecule has 0 saturated heterocycles. The number of benzene rings is 3. The van der Waals surface area contributed by atoms with Crippen molar-refractivity contribution in [3.63, 3.8) is 0 Å². The molecule has 0 aliphatic rings. The van der Waals surface area contributed by atoms with Crippen LogP contribution in [0.5, 0.6) is 0 Å². The maximum atomic E-state index is 12.9. The first kappa shape index (κ1) is 23.0. The molecule has 3 aromatic rings. The fourth-order valence-corrected chi connectivity index (χ4v) is 4.29. The van der Waals surface area contributed by atoms with Crippen LogP contribution < -0.4 is 15.4 Å². The minimum atomic E-state index is -3.88. The van der Waals surface area contributed by atoms with Crippen molar-refractivity contribution in [1.82, 2.24) is 5.32 Å². The molecule has 7 nitrogen and oxygen atoms in total. The molecule has 32 heavy (non-hydrogen) atoms. The van der Waals surface area contributed by atoms with Crippen LogP contribution in [0, 0.1) is 20.8 Å². The summed E-state index contributed by atoms with van der Waals surface area (Å²) in [5.74, 6) is -0.660. The molecule has 0 aliphatic heterocycles. The lowest BCUT2D eigenvalue weighted by Crippen LogP contribution is -2.19. The van der Waals surface area contributed by atoms with Gasteiger partial charge in [-0.1, -0.05) is 18.2 Å². The quantitative estimate of drug-likeness (QED) is 0.526. The molecule has 166 valence electrons. The van der Waals surface area contributed by atoms with Crippen molar-refractivity contribution in [3.05, 3.63) is 88.5 Å². The number of hydrogen-bond donors (Lipinski definition) is 3. The molecular weight excluding hydrogens is 426 g/mol. The summed E-state index contributed by atoms with van der Waals surface area (Å²) in [4.78, 5) is 24.7. The highest BCUT2D eigenvalue weighted by atomic mass is 32.2. The second-order valence-corrected chi connectivity index (χ2v) is 9.20. The topological polar surface area (TPSA) is 104 Å². The normalized spacial score (nSPS) is 11.0. The second-order valence-electron chi connectivity index (χ2n) is 7.51. The molecule has 2 amide bonds. The van der Waals surface area contributed by atoms with E-state index in [0.29, 0.717) is 28.1 Å². The molecule has 0 saturated carbocycles. The van der Waals surface area contributed by atoms with E-state index in [9.17, 15) is 18.0 Å². The summed E-state index contributed by atoms with van der Waals surface area (Å²) >= 11 is 0. The van der Waals surface area contributed by atoms with Gasteiger partial charge in [0.25, 0.3) is 21.8 Å². The van der Waals surface area contributed by atoms with Crippen LogP contribution in [0.2, 0.25) is 0 Å². The molecule has 0 aromatic heterocycles. The van der Waals surface area contributed by atoms with E-state index in [1.54, 1.807) is 63.4 Å². The van der Waals surface area contributed by atoms with Crippen molar-refractivity contribution < 1.29 is 18.0 Å². The van der Waals surface area contributed by atoms with Crippen LogP contribution in [-0.4, -0.2) is 27.3 Å². The van der Waals surface area contributed by atoms with Crippen molar-refractivity contribution in [3.8, 4) is 0 Å². The Hall–Kier alpha value is -3.65. The average molecular weight is 452 g/mol. The summed E-state index contributed by atoms with van der Waals surface area (Å²) in [7, 11) is -2.33. The van der Waals surface area contributed by atoms with Gasteiger partial charge in [-0.15, -0.1) is 0 Å². The Morgan fingerprint density at radius 1 is 0.812 bits per heavy atom. The lowest BCUT2D eigenvalue weighted by atomic mass is 10.1. The van der Waals surface area contributed by atoms with Crippen LogP contribution in [0.25, 0.3) is 0 Å². The van der Waals surface area contributed by atoms with Crippen molar-refractivity contribution in [2.75, 3.05) is 17.1 Å². The maximum Gasteiger partial charge on any atom is 0.261 e. The summed E-state index contributed by atoms with van der Waals surface area (Å²) in [6.07, 6.45) is 0. The maximum absolute atomic E-state index is 12.9. The number of aryl methyl sites for hydroxylation is 3. The van der Waals surface area contributed by atoms with Gasteiger partial charge in [-0.05, 0) is 79.9 Å². The number of nitrogens with one attached hydrogen (secondary N) is 3. The Bertz CT molecular complexity index is 1300. The Morgan fingerprint density at radius 3 is 2.22 bits per heavy atom. The smallest absolute Gasteiger partial charge is 0.261 e. The van der Waals surface area contributed by atoms with Crippen LogP contribution >= 0.6 is 0 Å². The predicted octanol–water partition coefficient (Wildman–Crippen LogP) is 4.02. The molecule has 0 radical (unpaired) electrons. The van der Waals surface area contributed by atoms with E-state index in [-0.39, 0.29) is 16.4 Å². The van der Waals surface area contributed by atoms with E-state index in [0.717, 1.165) is 5.56 Å². The number of carbonyl (C=O) groups is 2. The van der Waals surface area contributed by atoms with Gasteiger partial charge in [-0.25, -0.2) is 8.42 Å². The van der Waals surface area contributed by atoms with Gasteiger partial charge >= 0.3 is 0 Å². The number of anilines is 2. The first-order chi connectivity index (χ1) is 15.1. The largest absolute Gasteiger partial charge is 0.355 e. The highest BCUT2D eigenvalue weighted by molar-refractivity contribution is 7.92. The first-order valence-electron chi connectivity index (χ1n) is 9.95. The van der Waals surface area contributed by atoms with Gasteiger partial charge < -0.3 is 10.6 Å². The molecule has 3 rings (SSSR count). The third-order valence-electron chi connectivity index (χ3n) is 5.00. The Balaban J connectivity index is 1.87. The van der Waals surface area contributed by atoms with E-state index in [2.05, 4.69) is 15.4 Å². The van der Waals surface area contributed by atoms with Crippen molar-refractivity contribution >= 4 is 33.2 Å². The number of rotatable bonds is 6. The fraction of sp³-hybridized carbons (Fsp3) is 0.167. The Kier molecular flexibility index (Phi) is 6.64. The van der Waals surface area contributed by atoms with E-state index < -0.39 is 15.9 Å². The third-order valence-corrected chi connectivity index (χ3v) is 6.38. The zero-order chi connectivity index (χ0) is 23.5. The number of carbonyl (C=O) groups excluding carboxylic acids is 2. The molecule has 0 unspecified atom stereocenters. The highest BCUT2D eigenvalue weighted by Crippen LogP contribution is 2.22. The fourth-order valence-electron chi connectivity index (χ4n) is 3.21. The molecule has 0 fully saturated rings. The summed E-state index contributed by atoms with van der Waals surface area (Å²) in [5.41, 5.74) is 3.98. The van der Waals surface area contributed by atoms with E-state index >= 15 is 0 Å². The third kappa shape index (κ3) is 5.15. The Labute approximate surface area is 187 Å². The zero-order valence-corrected chi connectivity index (χ0v) is 19.1. The van der Waals surface area contributed by atoms with Crippen LogP contribution in [0.3, 0.4) is 0 Å². The summed E-state index contributed by atoms with van der Waals surface area (Å²) in [6.45, 7) is 5.39. The van der Waals surface area contributed by atoms with E-state index in [1.165, 1.54) is 12.1 Å². The lowest BCUT2D eigenvalue weighted by molar-refractivity contribution is 0.0962. The van der Waals surface area contributed by atoms with Gasteiger partial charge in [0.05, 0.1) is 4.90 Å². The van der Waals surface area contributed by atoms with Gasteiger partial charge in [-0.3, -0.25) is 14.3 Å². The SMILES string of the molecule is CNC(=O)c1ccc(NC(=O)c2cc(S(=O)(=O)Nc3cccc(C)c3)ccc2C)c(C)c1. The van der Waals surface area contributed by atoms with Crippen LogP contribution in [0.4, 0.5) is 11.4 Å². The minimum Gasteiger partial charge on any atom is -0.355 e. The highest BCUT2D eigenvalue weighted by Gasteiger charge is 2.19. The second kappa shape index (κ2) is 9.23. The molecule has 0 bridgehead atoms. The van der Waals surface area contributed by atoms with Crippen molar-refractivity contribution in [2.45, 2.75) is 25.7 Å². The molecule has 8 heteroatoms. The standard InChI is InChI=1S/C24H25N3O4S/c1-15-6-5-7-19(12-15)27-32(30,31)20-10-8-16(2)21(14-20)24(29)26-22-11-9-18(13-17(22)3)23(28)25-4/h5-14,27H,1-4H3,(H,25,28)(H,26,29). The first-order valence-corrected chi connectivity index (χ1v) is 11.4. The van der Waals surface area contributed by atoms with E-state index in [1.807, 2.05) is 13.0 Å². The molecule has 0 spiro atoms. The van der Waals surface area contributed by atoms with Gasteiger partial charge in [0, 0.05) is 29.5 Å². The molecule has 3 N–H and O–H groups in total. The van der Waals surface area contributed by atoms with Crippen molar-refractivity contribution in [2.24, 2.45) is 0 Å². The Morgan fingerprint density at radius 2 is 1.56 bits per heavy atom. The van der Waals surface area contributed by atoms with Crippen LogP contribution in [0.15, 0.2) is 65.6 Å². The van der Waals surface area contributed by atoms with Gasteiger partial charge in [0.2, 0.25) is 0 Å². The molecule has 0 aliphatic carbocycles. The molecule has 3 aromatic carbocycles. The van der Waals surface area contributed by atoms with Crippen LogP contribution in [0.1, 0.15) is 37.4 Å². The average Bonchev–Trinajstić information content (AvgIpc) is 2.74. The molecular formula is C24H25N3O4S.